The van der Waals surface area contributed by atoms with Crippen LogP contribution in [-0.2, 0) is 14.3 Å². The molecule has 2 aromatic rings. The fourth-order valence-corrected chi connectivity index (χ4v) is 4.98. The van der Waals surface area contributed by atoms with Crippen molar-refractivity contribution in [3.63, 3.8) is 0 Å². The van der Waals surface area contributed by atoms with E-state index < -0.39 is 6.04 Å². The zero-order valence-electron chi connectivity index (χ0n) is 21.1. The van der Waals surface area contributed by atoms with Gasteiger partial charge in [0.15, 0.2) is 0 Å². The van der Waals surface area contributed by atoms with Gasteiger partial charge in [-0.25, -0.2) is 14.2 Å². The van der Waals surface area contributed by atoms with Gasteiger partial charge in [-0.1, -0.05) is 4.99 Å². The van der Waals surface area contributed by atoms with E-state index in [0.29, 0.717) is 50.3 Å². The molecule has 1 aromatic carbocycles. The number of carbonyl (C=O) groups is 3. The number of likely N-dealkylation sites (N-methyl/N-ethyl adjacent to an activating group) is 1. The van der Waals surface area contributed by atoms with Crippen molar-refractivity contribution in [3.05, 3.63) is 41.2 Å². The predicted molar refractivity (Wildman–Crippen MR) is 130 cm³/mol. The minimum atomic E-state index is -0.703. The molecule has 1 unspecified atom stereocenters. The molecule has 0 bridgehead atoms. The number of imidazole rings is 1. The van der Waals surface area contributed by atoms with E-state index in [1.165, 1.54) is 9.80 Å². The second-order valence-corrected chi connectivity index (χ2v) is 9.10. The molecule has 2 fully saturated rings. The molecule has 2 saturated heterocycles. The summed E-state index contributed by atoms with van der Waals surface area (Å²) in [6.07, 6.45) is 0. The first-order valence-electron chi connectivity index (χ1n) is 12.2. The zero-order chi connectivity index (χ0) is 25.6. The van der Waals surface area contributed by atoms with Crippen LogP contribution in [0.3, 0.4) is 0 Å². The highest BCUT2D eigenvalue weighted by Gasteiger charge is 2.54. The smallest absolute Gasteiger partial charge is 0.407 e. The number of morpholine rings is 1. The van der Waals surface area contributed by atoms with Crippen molar-refractivity contribution in [2.45, 2.75) is 26.8 Å². The normalized spacial score (nSPS) is 19.9. The summed E-state index contributed by atoms with van der Waals surface area (Å²) in [6, 6.07) is 6.00. The summed E-state index contributed by atoms with van der Waals surface area (Å²) >= 11 is 0. The third-order valence-electron chi connectivity index (χ3n) is 7.09. The van der Waals surface area contributed by atoms with Gasteiger partial charge in [-0.05, 0) is 45.0 Å². The number of esters is 1. The number of hydrogen-bond acceptors (Lipinski definition) is 7. The van der Waals surface area contributed by atoms with Crippen LogP contribution in [0.15, 0.2) is 29.3 Å². The molecule has 0 N–H and O–H groups in total. The lowest BCUT2D eigenvalue weighted by atomic mass is 10.1. The van der Waals surface area contributed by atoms with E-state index in [-0.39, 0.29) is 17.9 Å². The Morgan fingerprint density at radius 2 is 1.83 bits per heavy atom. The Kier molecular flexibility index (Phi) is 6.35. The van der Waals surface area contributed by atoms with Gasteiger partial charge in [0.25, 0.3) is 5.91 Å². The number of hydrogen-bond donors (Lipinski definition) is 0. The van der Waals surface area contributed by atoms with Crippen LogP contribution in [0.4, 0.5) is 10.7 Å². The number of urea groups is 1. The monoisotopic (exact) mass is 495 g/mol. The molecule has 0 saturated carbocycles. The number of rotatable bonds is 6. The average Bonchev–Trinajstić information content (AvgIpc) is 3.38. The first-order chi connectivity index (χ1) is 17.3. The van der Waals surface area contributed by atoms with Crippen molar-refractivity contribution >= 4 is 29.7 Å². The van der Waals surface area contributed by atoms with Crippen LogP contribution in [0.5, 0.6) is 0 Å². The van der Waals surface area contributed by atoms with Crippen LogP contribution >= 0.6 is 0 Å². The second kappa shape index (κ2) is 9.47. The van der Waals surface area contributed by atoms with E-state index in [1.54, 1.807) is 26.1 Å². The Morgan fingerprint density at radius 3 is 2.50 bits per heavy atom. The number of benzene rings is 1. The minimum Gasteiger partial charge on any atom is -0.462 e. The number of amidine groups is 1. The highest BCUT2D eigenvalue weighted by molar-refractivity contribution is 6.19. The van der Waals surface area contributed by atoms with Gasteiger partial charge < -0.3 is 9.47 Å². The fourth-order valence-electron chi connectivity index (χ4n) is 4.98. The second-order valence-electron chi connectivity index (χ2n) is 9.10. The summed E-state index contributed by atoms with van der Waals surface area (Å²) in [5.41, 5.74) is 3.06. The van der Waals surface area contributed by atoms with Gasteiger partial charge >= 0.3 is 17.9 Å². The van der Waals surface area contributed by atoms with Crippen LogP contribution in [0, 0.1) is 13.8 Å². The van der Waals surface area contributed by atoms with E-state index in [2.05, 4.69) is 4.90 Å². The van der Waals surface area contributed by atoms with Crippen LogP contribution in [-0.4, -0.2) is 96.1 Å². The van der Waals surface area contributed by atoms with Gasteiger partial charge in [-0.2, -0.15) is 4.57 Å². The molecular weight excluding hydrogens is 464 g/mol. The molecule has 5 rings (SSSR count). The Balaban J connectivity index is 1.46. The maximum atomic E-state index is 13.7. The summed E-state index contributed by atoms with van der Waals surface area (Å²) in [5, 5.41) is 0. The van der Waals surface area contributed by atoms with Crippen molar-refractivity contribution in [3.8, 4) is 5.69 Å². The molecular formula is C25H31N6O5+. The number of ether oxygens (including phenoxy) is 2. The van der Waals surface area contributed by atoms with Crippen molar-refractivity contribution in [1.29, 1.82) is 0 Å². The molecule has 11 nitrogen and oxygen atoms in total. The van der Waals surface area contributed by atoms with Crippen LogP contribution in [0.2, 0.25) is 0 Å². The molecule has 11 heteroatoms. The number of aromatic nitrogens is 2. The first-order valence-corrected chi connectivity index (χ1v) is 12.2. The third-order valence-corrected chi connectivity index (χ3v) is 7.09. The third kappa shape index (κ3) is 3.88. The SMILES string of the molecule is CCOC(=O)c1ccc(-n2c(C)c(C)[n+]3c2N=C2C3C(=O)N(CCN3CCOCC3)C(=O)N2C)cc1. The minimum absolute atomic E-state index is 0.272. The van der Waals surface area contributed by atoms with Gasteiger partial charge in [-0.3, -0.25) is 19.5 Å². The summed E-state index contributed by atoms with van der Waals surface area (Å²) in [6.45, 7) is 9.81. The van der Waals surface area contributed by atoms with E-state index in [9.17, 15) is 14.4 Å². The standard InChI is InChI=1S/C25H31N6O5/c1-5-36-23(33)18-6-8-19(9-7-18)30-16(2)17(3)31-20-21(26-24(30)31)27(4)25(34)29(22(20)32)11-10-28-12-14-35-15-13-28/h6-9,20H,5,10-15H2,1-4H3/q+1. The number of aliphatic imine (C=N–C) groups is 1. The summed E-state index contributed by atoms with van der Waals surface area (Å²) in [5.74, 6) is 0.338. The predicted octanol–water partition coefficient (Wildman–Crippen LogP) is 1.37. The van der Waals surface area contributed by atoms with Gasteiger partial charge in [0.05, 0.1) is 25.4 Å². The molecule has 1 atom stereocenters. The molecule has 3 aliphatic rings. The zero-order valence-corrected chi connectivity index (χ0v) is 21.1. The molecule has 36 heavy (non-hydrogen) atoms. The van der Waals surface area contributed by atoms with E-state index in [1.807, 2.05) is 35.1 Å². The van der Waals surface area contributed by atoms with Crippen molar-refractivity contribution in [2.24, 2.45) is 4.99 Å². The highest BCUT2D eigenvalue weighted by atomic mass is 16.5. The van der Waals surface area contributed by atoms with Crippen LogP contribution in [0.1, 0.15) is 34.7 Å². The lowest BCUT2D eigenvalue weighted by Gasteiger charge is -2.35. The van der Waals surface area contributed by atoms with Crippen molar-refractivity contribution in [2.75, 3.05) is 53.0 Å². The first kappa shape index (κ1) is 24.1. The molecule has 0 aliphatic carbocycles. The fraction of sp³-hybridized carbons (Fsp3) is 0.480. The molecule has 3 aliphatic heterocycles. The quantitative estimate of drug-likeness (QED) is 0.443. The number of carbonyl (C=O) groups excluding carboxylic acids is 3. The molecule has 190 valence electrons. The lowest BCUT2D eigenvalue weighted by molar-refractivity contribution is -0.682. The van der Waals surface area contributed by atoms with Gasteiger partial charge in [-0.15, -0.1) is 0 Å². The van der Waals surface area contributed by atoms with Crippen LogP contribution < -0.4 is 4.57 Å². The number of fused-ring (bicyclic) bond motifs is 3. The average molecular weight is 496 g/mol. The topological polar surface area (TPSA) is 101 Å². The molecule has 1 aromatic heterocycles. The maximum Gasteiger partial charge on any atom is 0.407 e. The maximum absolute atomic E-state index is 13.7. The van der Waals surface area contributed by atoms with Crippen molar-refractivity contribution in [1.82, 2.24) is 19.3 Å². The van der Waals surface area contributed by atoms with Crippen LogP contribution in [0.25, 0.3) is 5.69 Å². The Labute approximate surface area is 209 Å². The number of amides is 3. The van der Waals surface area contributed by atoms with E-state index in [0.717, 1.165) is 30.2 Å². The Hall–Kier alpha value is -3.57. The Morgan fingerprint density at radius 1 is 1.14 bits per heavy atom. The van der Waals surface area contributed by atoms with Gasteiger partial charge in [0, 0.05) is 33.2 Å². The number of imide groups is 1. The van der Waals surface area contributed by atoms with Gasteiger partial charge in [0.1, 0.15) is 17.1 Å². The lowest BCUT2D eigenvalue weighted by Crippen LogP contribution is -2.64. The molecule has 4 heterocycles. The highest BCUT2D eigenvalue weighted by Crippen LogP contribution is 2.33. The van der Waals surface area contributed by atoms with E-state index >= 15 is 0 Å². The molecule has 3 amide bonds. The Bertz CT molecular complexity index is 1240. The number of nitrogens with zero attached hydrogens (tertiary/aromatic N) is 6. The summed E-state index contributed by atoms with van der Waals surface area (Å²) in [4.78, 5) is 48.6. The molecule has 0 spiro atoms. The van der Waals surface area contributed by atoms with Crippen molar-refractivity contribution < 1.29 is 28.4 Å². The summed E-state index contributed by atoms with van der Waals surface area (Å²) < 4.78 is 14.3. The summed E-state index contributed by atoms with van der Waals surface area (Å²) in [7, 11) is 1.66. The van der Waals surface area contributed by atoms with E-state index in [4.69, 9.17) is 14.5 Å². The van der Waals surface area contributed by atoms with Gasteiger partial charge in [0.2, 0.25) is 11.9 Å². The largest absolute Gasteiger partial charge is 0.462 e. The molecule has 0 radical (unpaired) electrons.